The number of carbonyl (C=O) groups is 1. The van der Waals surface area contributed by atoms with Gasteiger partial charge in [-0.2, -0.15) is 0 Å². The highest BCUT2D eigenvalue weighted by Gasteiger charge is 2.32. The third-order valence-corrected chi connectivity index (χ3v) is 3.78. The van der Waals surface area contributed by atoms with E-state index >= 15 is 0 Å². The minimum Gasteiger partial charge on any atom is -0.505 e. The lowest BCUT2D eigenvalue weighted by atomic mass is 9.79. The number of hydrogen-bond acceptors (Lipinski definition) is 4. The van der Waals surface area contributed by atoms with Crippen LogP contribution in [0.3, 0.4) is 0 Å². The van der Waals surface area contributed by atoms with E-state index in [-0.39, 0.29) is 18.0 Å². The third kappa shape index (κ3) is 3.44. The molecule has 5 heteroatoms. The largest absolute Gasteiger partial charge is 0.505 e. The Morgan fingerprint density at radius 2 is 2.21 bits per heavy atom. The number of nitrogens with one attached hydrogen (secondary N) is 1. The van der Waals surface area contributed by atoms with Crippen LogP contribution in [0.15, 0.2) is 18.3 Å². The van der Waals surface area contributed by atoms with Gasteiger partial charge in [0.1, 0.15) is 5.75 Å². The van der Waals surface area contributed by atoms with Gasteiger partial charge in [-0.25, -0.2) is 4.98 Å². The van der Waals surface area contributed by atoms with Gasteiger partial charge in [0.05, 0.1) is 5.60 Å². The van der Waals surface area contributed by atoms with Crippen LogP contribution >= 0.6 is 0 Å². The van der Waals surface area contributed by atoms with Gasteiger partial charge in [0.15, 0.2) is 5.69 Å². The molecule has 2 rings (SSSR count). The van der Waals surface area contributed by atoms with Crippen LogP contribution in [-0.4, -0.2) is 33.3 Å². The van der Waals surface area contributed by atoms with E-state index in [1.54, 1.807) is 6.07 Å². The van der Waals surface area contributed by atoms with Crippen LogP contribution in [0.25, 0.3) is 0 Å². The summed E-state index contributed by atoms with van der Waals surface area (Å²) in [4.78, 5) is 15.7. The molecule has 0 spiro atoms. The van der Waals surface area contributed by atoms with E-state index in [1.165, 1.54) is 12.3 Å². The van der Waals surface area contributed by atoms with Crippen LogP contribution in [0.1, 0.15) is 43.1 Å². The maximum Gasteiger partial charge on any atom is 0.273 e. The molecule has 1 aliphatic rings. The number of rotatable bonds is 3. The Labute approximate surface area is 112 Å². The molecule has 0 saturated heterocycles. The molecular formula is C14H20N2O3. The minimum atomic E-state index is -0.827. The van der Waals surface area contributed by atoms with Gasteiger partial charge in [-0.1, -0.05) is 6.92 Å². The molecule has 0 unspecified atom stereocenters. The average molecular weight is 264 g/mol. The number of aromatic hydroxyl groups is 1. The maximum atomic E-state index is 11.9. The molecular weight excluding hydrogens is 244 g/mol. The first-order chi connectivity index (χ1) is 9.00. The molecule has 5 nitrogen and oxygen atoms in total. The topological polar surface area (TPSA) is 82.5 Å². The third-order valence-electron chi connectivity index (χ3n) is 3.78. The molecule has 0 bridgehead atoms. The van der Waals surface area contributed by atoms with Crippen LogP contribution in [0.4, 0.5) is 0 Å². The molecule has 0 aliphatic heterocycles. The fourth-order valence-electron chi connectivity index (χ4n) is 2.38. The lowest BCUT2D eigenvalue weighted by Gasteiger charge is -2.34. The number of amides is 1. The van der Waals surface area contributed by atoms with Gasteiger partial charge in [-0.15, -0.1) is 0 Å². The van der Waals surface area contributed by atoms with Gasteiger partial charge in [0, 0.05) is 12.7 Å². The van der Waals surface area contributed by atoms with Crippen molar-refractivity contribution in [2.45, 2.75) is 38.2 Å². The van der Waals surface area contributed by atoms with E-state index < -0.39 is 11.5 Å². The van der Waals surface area contributed by atoms with Gasteiger partial charge in [0.2, 0.25) is 0 Å². The SMILES string of the molecule is CC1CCC(O)(CNC(=O)c2ncccc2O)CC1. The first-order valence-electron chi connectivity index (χ1n) is 6.65. The van der Waals surface area contributed by atoms with Crippen molar-refractivity contribution in [1.29, 1.82) is 0 Å². The van der Waals surface area contributed by atoms with Crippen molar-refractivity contribution in [1.82, 2.24) is 10.3 Å². The smallest absolute Gasteiger partial charge is 0.273 e. The van der Waals surface area contributed by atoms with Crippen molar-refractivity contribution in [3.05, 3.63) is 24.0 Å². The van der Waals surface area contributed by atoms with E-state index in [9.17, 15) is 15.0 Å². The molecule has 1 fully saturated rings. The number of aromatic nitrogens is 1. The molecule has 3 N–H and O–H groups in total. The van der Waals surface area contributed by atoms with Crippen molar-refractivity contribution >= 4 is 5.91 Å². The molecule has 19 heavy (non-hydrogen) atoms. The lowest BCUT2D eigenvalue weighted by Crippen LogP contribution is -2.45. The second-order valence-electron chi connectivity index (χ2n) is 5.46. The van der Waals surface area contributed by atoms with Gasteiger partial charge in [-0.05, 0) is 43.7 Å². The standard InChI is InChI=1S/C14H20N2O3/c1-10-4-6-14(19,7-5-10)9-16-13(18)12-11(17)3-2-8-15-12/h2-3,8,10,17,19H,4-7,9H2,1H3,(H,16,18). The Kier molecular flexibility index (Phi) is 4.04. The second kappa shape index (κ2) is 5.57. The van der Waals surface area contributed by atoms with Gasteiger partial charge in [0.25, 0.3) is 5.91 Å². The number of pyridine rings is 1. The van der Waals surface area contributed by atoms with Crippen molar-refractivity contribution in [2.24, 2.45) is 5.92 Å². The second-order valence-corrected chi connectivity index (χ2v) is 5.46. The number of carbonyl (C=O) groups excluding carboxylic acids is 1. The van der Waals surface area contributed by atoms with E-state index in [0.29, 0.717) is 18.8 Å². The van der Waals surface area contributed by atoms with Crippen LogP contribution in [0.2, 0.25) is 0 Å². The molecule has 1 aliphatic carbocycles. The summed E-state index contributed by atoms with van der Waals surface area (Å²) in [5.41, 5.74) is -0.831. The van der Waals surface area contributed by atoms with E-state index in [2.05, 4.69) is 17.2 Å². The average Bonchev–Trinajstić information content (AvgIpc) is 2.41. The molecule has 1 aromatic heterocycles. The Bertz CT molecular complexity index is 454. The summed E-state index contributed by atoms with van der Waals surface area (Å²) in [6.07, 6.45) is 4.79. The molecule has 1 aromatic rings. The first kappa shape index (κ1) is 13.8. The number of aliphatic hydroxyl groups is 1. The summed E-state index contributed by atoms with van der Waals surface area (Å²) < 4.78 is 0. The fraction of sp³-hybridized carbons (Fsp3) is 0.571. The Balaban J connectivity index is 1.92. The highest BCUT2D eigenvalue weighted by Crippen LogP contribution is 2.31. The highest BCUT2D eigenvalue weighted by atomic mass is 16.3. The Morgan fingerprint density at radius 1 is 1.53 bits per heavy atom. The summed E-state index contributed by atoms with van der Waals surface area (Å²) >= 11 is 0. The van der Waals surface area contributed by atoms with Crippen molar-refractivity contribution < 1.29 is 15.0 Å². The van der Waals surface area contributed by atoms with Crippen molar-refractivity contribution in [3.63, 3.8) is 0 Å². The van der Waals surface area contributed by atoms with Crippen LogP contribution < -0.4 is 5.32 Å². The quantitative estimate of drug-likeness (QED) is 0.772. The van der Waals surface area contributed by atoms with Crippen LogP contribution in [0, 0.1) is 5.92 Å². The maximum absolute atomic E-state index is 11.9. The summed E-state index contributed by atoms with van der Waals surface area (Å²) in [6.45, 7) is 2.37. The summed E-state index contributed by atoms with van der Waals surface area (Å²) in [5, 5.41) is 22.5. The van der Waals surface area contributed by atoms with E-state index in [0.717, 1.165) is 12.8 Å². The Morgan fingerprint density at radius 3 is 2.84 bits per heavy atom. The van der Waals surface area contributed by atoms with Crippen LogP contribution in [0.5, 0.6) is 5.75 Å². The van der Waals surface area contributed by atoms with Crippen LogP contribution in [-0.2, 0) is 0 Å². The molecule has 1 heterocycles. The summed E-state index contributed by atoms with van der Waals surface area (Å²) in [5.74, 6) is 0.0326. The summed E-state index contributed by atoms with van der Waals surface area (Å²) in [6, 6.07) is 2.97. The summed E-state index contributed by atoms with van der Waals surface area (Å²) in [7, 11) is 0. The van der Waals surface area contributed by atoms with Crippen molar-refractivity contribution in [2.75, 3.05) is 6.54 Å². The van der Waals surface area contributed by atoms with E-state index in [1.807, 2.05) is 0 Å². The van der Waals surface area contributed by atoms with Gasteiger partial charge < -0.3 is 15.5 Å². The van der Waals surface area contributed by atoms with Gasteiger partial charge >= 0.3 is 0 Å². The fourth-order valence-corrected chi connectivity index (χ4v) is 2.38. The molecule has 0 radical (unpaired) electrons. The predicted octanol–water partition coefficient (Wildman–Crippen LogP) is 1.46. The molecule has 104 valence electrons. The number of nitrogens with zero attached hydrogens (tertiary/aromatic N) is 1. The predicted molar refractivity (Wildman–Crippen MR) is 70.8 cm³/mol. The van der Waals surface area contributed by atoms with Crippen molar-refractivity contribution in [3.8, 4) is 5.75 Å². The zero-order valence-corrected chi connectivity index (χ0v) is 11.1. The molecule has 1 saturated carbocycles. The molecule has 0 aromatic carbocycles. The lowest BCUT2D eigenvalue weighted by molar-refractivity contribution is -0.00546. The Hall–Kier alpha value is -1.62. The molecule has 0 atom stereocenters. The molecule has 1 amide bonds. The normalized spacial score (nSPS) is 26.9. The zero-order valence-electron chi connectivity index (χ0n) is 11.1. The van der Waals surface area contributed by atoms with Gasteiger partial charge in [-0.3, -0.25) is 4.79 Å². The van der Waals surface area contributed by atoms with E-state index in [4.69, 9.17) is 0 Å². The number of hydrogen-bond donors (Lipinski definition) is 3. The monoisotopic (exact) mass is 264 g/mol. The zero-order chi connectivity index (χ0) is 13.9. The minimum absolute atomic E-state index is 0.00437. The highest BCUT2D eigenvalue weighted by molar-refractivity contribution is 5.94. The first-order valence-corrected chi connectivity index (χ1v) is 6.65.